The summed E-state index contributed by atoms with van der Waals surface area (Å²) in [5, 5.41) is 20.0. The molecule has 0 radical (unpaired) electrons. The molecule has 2 saturated heterocycles. The van der Waals surface area contributed by atoms with Gasteiger partial charge in [0.05, 0.1) is 41.3 Å². The molecule has 3 atom stereocenters. The number of morpholine rings is 1. The third kappa shape index (κ3) is 4.21. The third-order valence-electron chi connectivity index (χ3n) is 7.43. The van der Waals surface area contributed by atoms with Crippen LogP contribution >= 0.6 is 11.6 Å². The SMILES string of the molecule is C[C@@H]1CN2c3c(nc4c(OC(=O)NCc5cccc(C#N)c5)noc4c3Cl)CC3(C(=O)NC(=O)NC3=O)[C@H]2[C@H](C)O1. The van der Waals surface area contributed by atoms with Gasteiger partial charge in [-0.15, -0.1) is 0 Å². The maximum Gasteiger partial charge on any atom is 0.414 e. The minimum Gasteiger partial charge on any atom is -0.385 e. The fourth-order valence-corrected chi connectivity index (χ4v) is 6.19. The van der Waals surface area contributed by atoms with E-state index in [4.69, 9.17) is 30.9 Å². The van der Waals surface area contributed by atoms with Gasteiger partial charge in [-0.1, -0.05) is 23.7 Å². The molecule has 3 aliphatic heterocycles. The Morgan fingerprint density at radius 3 is 2.78 bits per heavy atom. The minimum atomic E-state index is -1.77. The maximum absolute atomic E-state index is 13.4. The van der Waals surface area contributed by atoms with Gasteiger partial charge in [0.2, 0.25) is 17.4 Å². The topological polar surface area (TPSA) is 189 Å². The second-order valence-corrected chi connectivity index (χ2v) is 10.5. The molecule has 0 saturated carbocycles. The Morgan fingerprint density at radius 2 is 2.05 bits per heavy atom. The Bertz CT molecular complexity index is 1660. The van der Waals surface area contributed by atoms with Gasteiger partial charge >= 0.3 is 12.1 Å². The Morgan fingerprint density at radius 1 is 1.29 bits per heavy atom. The molecule has 3 aromatic rings. The second-order valence-electron chi connectivity index (χ2n) is 10.1. The molecule has 210 valence electrons. The van der Waals surface area contributed by atoms with Crippen molar-refractivity contribution in [3.63, 3.8) is 0 Å². The van der Waals surface area contributed by atoms with E-state index >= 15 is 0 Å². The first-order valence-electron chi connectivity index (χ1n) is 12.6. The summed E-state index contributed by atoms with van der Waals surface area (Å²) in [6.45, 7) is 3.92. The molecular weight excluding hydrogens is 558 g/mol. The van der Waals surface area contributed by atoms with E-state index in [9.17, 15) is 19.2 Å². The quantitative estimate of drug-likeness (QED) is 0.384. The highest BCUT2D eigenvalue weighted by atomic mass is 35.5. The number of halogens is 1. The van der Waals surface area contributed by atoms with Gasteiger partial charge in [0.1, 0.15) is 5.02 Å². The summed E-state index contributed by atoms with van der Waals surface area (Å²) in [7, 11) is 0. The number of hydrogen-bond acceptors (Lipinski definition) is 11. The van der Waals surface area contributed by atoms with Gasteiger partial charge in [0.25, 0.3) is 5.88 Å². The number of fused-ring (bicyclic) bond motifs is 5. The number of carbonyl (C=O) groups is 4. The highest BCUT2D eigenvalue weighted by Crippen LogP contribution is 2.50. The Hall–Kier alpha value is -4.74. The predicted molar refractivity (Wildman–Crippen MR) is 140 cm³/mol. The van der Waals surface area contributed by atoms with Gasteiger partial charge in [-0.3, -0.25) is 20.2 Å². The van der Waals surface area contributed by atoms with Crippen molar-refractivity contribution in [3.8, 4) is 11.9 Å². The van der Waals surface area contributed by atoms with E-state index in [1.54, 1.807) is 36.1 Å². The lowest BCUT2D eigenvalue weighted by Crippen LogP contribution is -2.75. The number of nitrogens with one attached hydrogen (secondary N) is 3. The van der Waals surface area contributed by atoms with Crippen molar-refractivity contribution in [2.24, 2.45) is 5.41 Å². The van der Waals surface area contributed by atoms with E-state index in [0.717, 1.165) is 0 Å². The molecule has 1 aromatic carbocycles. The number of urea groups is 1. The number of pyridine rings is 1. The van der Waals surface area contributed by atoms with Crippen LogP contribution in [0.5, 0.6) is 5.88 Å². The summed E-state index contributed by atoms with van der Waals surface area (Å²) in [6, 6.07) is 6.99. The molecule has 3 aliphatic rings. The molecule has 41 heavy (non-hydrogen) atoms. The van der Waals surface area contributed by atoms with Crippen LogP contribution in [0.4, 0.5) is 15.3 Å². The summed E-state index contributed by atoms with van der Waals surface area (Å²) in [5.74, 6) is -1.84. The standard InChI is InChI=1S/C26H22ClN7O7/c1-11-10-34-18-15(7-26(20(34)12(2)39-11)22(35)31-24(37)32-23(26)36)30-17-19(16(18)27)41-33-21(17)40-25(38)29-9-14-5-3-4-13(6-14)8-28/h3-6,11-12,20H,7,9-10H2,1-2H3,(H,29,38)(H2,31,32,35,36,37)/t11-,12+,20-/m1/s1. The Kier molecular flexibility index (Phi) is 6.28. The number of hydrogen-bond donors (Lipinski definition) is 3. The van der Waals surface area contributed by atoms with E-state index in [-0.39, 0.29) is 53.3 Å². The smallest absolute Gasteiger partial charge is 0.385 e. The van der Waals surface area contributed by atoms with Crippen molar-refractivity contribution in [1.29, 1.82) is 5.26 Å². The molecule has 0 aliphatic carbocycles. The number of aromatic nitrogens is 2. The molecular formula is C26H22ClN7O7. The molecule has 15 heteroatoms. The largest absolute Gasteiger partial charge is 0.414 e. The molecule has 0 unspecified atom stereocenters. The van der Waals surface area contributed by atoms with E-state index < -0.39 is 41.5 Å². The molecule has 2 fully saturated rings. The first-order chi connectivity index (χ1) is 19.6. The van der Waals surface area contributed by atoms with Crippen molar-refractivity contribution in [1.82, 2.24) is 26.1 Å². The van der Waals surface area contributed by atoms with Crippen molar-refractivity contribution in [3.05, 3.63) is 46.1 Å². The van der Waals surface area contributed by atoms with Crippen LogP contribution in [0.15, 0.2) is 28.8 Å². The van der Waals surface area contributed by atoms with Crippen LogP contribution in [0.1, 0.15) is 30.7 Å². The fraction of sp³-hybridized carbons (Fsp3) is 0.346. The lowest BCUT2D eigenvalue weighted by Gasteiger charge is -2.55. The average molecular weight is 580 g/mol. The average Bonchev–Trinajstić information content (AvgIpc) is 3.32. The first-order valence-corrected chi connectivity index (χ1v) is 13.0. The van der Waals surface area contributed by atoms with Crippen molar-refractivity contribution >= 4 is 52.3 Å². The van der Waals surface area contributed by atoms with Crippen molar-refractivity contribution < 1.29 is 33.2 Å². The van der Waals surface area contributed by atoms with E-state index in [1.807, 2.05) is 13.0 Å². The zero-order valence-corrected chi connectivity index (χ0v) is 22.4. The van der Waals surface area contributed by atoms with E-state index in [1.165, 1.54) is 0 Å². The van der Waals surface area contributed by atoms with Gasteiger partial charge in [0, 0.05) is 19.5 Å². The molecule has 1 spiro atoms. The highest BCUT2D eigenvalue weighted by Gasteiger charge is 2.63. The number of barbiturate groups is 1. The molecule has 5 amide bonds. The van der Waals surface area contributed by atoms with Gasteiger partial charge in [-0.2, -0.15) is 5.26 Å². The maximum atomic E-state index is 13.4. The number of benzene rings is 1. The van der Waals surface area contributed by atoms with Crippen LogP contribution in [0.3, 0.4) is 0 Å². The Labute approximate surface area is 236 Å². The van der Waals surface area contributed by atoms with Crippen LogP contribution in [-0.4, -0.2) is 58.9 Å². The van der Waals surface area contributed by atoms with Crippen LogP contribution in [-0.2, 0) is 27.3 Å². The molecule has 5 heterocycles. The number of imide groups is 2. The summed E-state index contributed by atoms with van der Waals surface area (Å²) in [5.41, 5.74) is 0.0865. The van der Waals surface area contributed by atoms with Gasteiger partial charge in [-0.05, 0) is 36.7 Å². The number of amides is 5. The van der Waals surface area contributed by atoms with Gasteiger partial charge in [-0.25, -0.2) is 14.6 Å². The molecule has 3 N–H and O–H groups in total. The first kappa shape index (κ1) is 26.5. The van der Waals surface area contributed by atoms with Gasteiger partial charge < -0.3 is 24.2 Å². The number of ether oxygens (including phenoxy) is 2. The van der Waals surface area contributed by atoms with Crippen LogP contribution in [0.25, 0.3) is 11.1 Å². The summed E-state index contributed by atoms with van der Waals surface area (Å²) >= 11 is 6.82. The lowest BCUT2D eigenvalue weighted by atomic mass is 9.67. The molecule has 0 bridgehead atoms. The third-order valence-corrected chi connectivity index (χ3v) is 7.78. The number of nitriles is 1. The predicted octanol–water partition coefficient (Wildman–Crippen LogP) is 1.93. The highest BCUT2D eigenvalue weighted by molar-refractivity contribution is 6.38. The molecule has 6 rings (SSSR count). The lowest BCUT2D eigenvalue weighted by molar-refractivity contribution is -0.153. The van der Waals surface area contributed by atoms with Crippen molar-refractivity contribution in [2.75, 3.05) is 11.4 Å². The monoisotopic (exact) mass is 579 g/mol. The van der Waals surface area contributed by atoms with Crippen molar-refractivity contribution in [2.45, 2.75) is 45.1 Å². The number of nitrogens with zero attached hydrogens (tertiary/aromatic N) is 4. The normalized spacial score (nSPS) is 22.8. The Balaban J connectivity index is 1.36. The summed E-state index contributed by atoms with van der Waals surface area (Å²) < 4.78 is 16.8. The number of anilines is 1. The molecule has 2 aromatic heterocycles. The van der Waals surface area contributed by atoms with E-state index in [2.05, 4.69) is 26.1 Å². The van der Waals surface area contributed by atoms with E-state index in [0.29, 0.717) is 16.8 Å². The minimum absolute atomic E-state index is 0.00559. The van der Waals surface area contributed by atoms with Crippen LogP contribution in [0, 0.1) is 16.7 Å². The fourth-order valence-electron chi connectivity index (χ4n) is 5.85. The van der Waals surface area contributed by atoms with Crippen LogP contribution in [0.2, 0.25) is 5.02 Å². The zero-order valence-electron chi connectivity index (χ0n) is 21.7. The summed E-state index contributed by atoms with van der Waals surface area (Å²) in [6.07, 6.45) is -1.98. The number of carbonyl (C=O) groups excluding carboxylic acids is 4. The van der Waals surface area contributed by atoms with Gasteiger partial charge in [0.15, 0.2) is 10.9 Å². The van der Waals surface area contributed by atoms with Crippen LogP contribution < -0.4 is 25.6 Å². The molecule has 14 nitrogen and oxygen atoms in total. The zero-order chi connectivity index (χ0) is 29.1. The summed E-state index contributed by atoms with van der Waals surface area (Å²) in [4.78, 5) is 57.6. The number of rotatable bonds is 3. The second kappa shape index (κ2) is 9.72.